The summed E-state index contributed by atoms with van der Waals surface area (Å²) >= 11 is 1.79. The van der Waals surface area contributed by atoms with E-state index < -0.39 is 0 Å². The van der Waals surface area contributed by atoms with Gasteiger partial charge in [0.15, 0.2) is 0 Å². The Labute approximate surface area is 95.6 Å². The van der Waals surface area contributed by atoms with Crippen LogP contribution in [0.3, 0.4) is 0 Å². The summed E-state index contributed by atoms with van der Waals surface area (Å²) in [6, 6.07) is 5.29. The van der Waals surface area contributed by atoms with Crippen LogP contribution in [0.2, 0.25) is 0 Å². The van der Waals surface area contributed by atoms with E-state index in [0.717, 1.165) is 13.0 Å². The Kier molecular flexibility index (Phi) is 3.78. The zero-order chi connectivity index (χ0) is 10.7. The van der Waals surface area contributed by atoms with Crippen LogP contribution in [-0.4, -0.2) is 18.7 Å². The predicted molar refractivity (Wildman–Crippen MR) is 64.3 cm³/mol. The Morgan fingerprint density at radius 2 is 2.47 bits per heavy atom. The molecule has 2 nitrogen and oxygen atoms in total. The Morgan fingerprint density at radius 3 is 3.13 bits per heavy atom. The lowest BCUT2D eigenvalue weighted by Crippen LogP contribution is -2.37. The third-order valence-electron chi connectivity index (χ3n) is 3.03. The molecule has 0 aliphatic carbocycles. The van der Waals surface area contributed by atoms with Crippen LogP contribution >= 0.6 is 11.3 Å². The maximum Gasteiger partial charge on any atom is 0.107 e. The maximum atomic E-state index is 5.94. The van der Waals surface area contributed by atoms with Crippen molar-refractivity contribution in [1.82, 2.24) is 5.32 Å². The first-order valence-corrected chi connectivity index (χ1v) is 6.60. The minimum absolute atomic E-state index is 0.238. The molecule has 1 aliphatic rings. The van der Waals surface area contributed by atoms with Crippen molar-refractivity contribution < 1.29 is 4.74 Å². The molecule has 15 heavy (non-hydrogen) atoms. The molecule has 0 bridgehead atoms. The lowest BCUT2D eigenvalue weighted by Gasteiger charge is -2.23. The van der Waals surface area contributed by atoms with Gasteiger partial charge in [-0.1, -0.05) is 13.0 Å². The first-order chi connectivity index (χ1) is 7.31. The van der Waals surface area contributed by atoms with Gasteiger partial charge in [0.1, 0.15) is 6.10 Å². The third-order valence-corrected chi connectivity index (χ3v) is 3.97. The summed E-state index contributed by atoms with van der Waals surface area (Å²) in [7, 11) is 0. The third kappa shape index (κ3) is 2.60. The first kappa shape index (κ1) is 11.1. The first-order valence-electron chi connectivity index (χ1n) is 5.72. The van der Waals surface area contributed by atoms with Crippen molar-refractivity contribution in [2.45, 2.75) is 44.9 Å². The van der Waals surface area contributed by atoms with E-state index in [1.807, 2.05) is 0 Å². The summed E-state index contributed by atoms with van der Waals surface area (Å²) in [4.78, 5) is 1.34. The van der Waals surface area contributed by atoms with Gasteiger partial charge in [0.2, 0.25) is 0 Å². The van der Waals surface area contributed by atoms with Crippen molar-refractivity contribution in [2.24, 2.45) is 0 Å². The van der Waals surface area contributed by atoms with Crippen molar-refractivity contribution >= 4 is 11.3 Å². The Balaban J connectivity index is 2.07. The molecule has 1 N–H and O–H groups in total. The van der Waals surface area contributed by atoms with E-state index in [1.165, 1.54) is 11.3 Å². The molecule has 2 heterocycles. The molecule has 3 atom stereocenters. The number of ether oxygens (including phenoxy) is 1. The molecule has 1 aromatic heterocycles. The number of hydrogen-bond donors (Lipinski definition) is 1. The van der Waals surface area contributed by atoms with Gasteiger partial charge in [-0.15, -0.1) is 11.3 Å². The van der Waals surface area contributed by atoms with Crippen molar-refractivity contribution in [2.75, 3.05) is 6.61 Å². The predicted octanol–water partition coefficient (Wildman–Crippen LogP) is 2.97. The second-order valence-electron chi connectivity index (χ2n) is 4.16. The smallest absolute Gasteiger partial charge is 0.107 e. The van der Waals surface area contributed by atoms with Crippen molar-refractivity contribution in [1.29, 1.82) is 0 Å². The van der Waals surface area contributed by atoms with Gasteiger partial charge >= 0.3 is 0 Å². The molecule has 0 amide bonds. The van der Waals surface area contributed by atoms with Crippen LogP contribution in [0, 0.1) is 0 Å². The molecule has 2 rings (SSSR count). The molecule has 0 saturated carbocycles. The summed E-state index contributed by atoms with van der Waals surface area (Å²) in [6.07, 6.45) is 2.55. The van der Waals surface area contributed by atoms with E-state index in [0.29, 0.717) is 12.1 Å². The highest BCUT2D eigenvalue weighted by atomic mass is 32.1. The van der Waals surface area contributed by atoms with E-state index in [-0.39, 0.29) is 6.10 Å². The van der Waals surface area contributed by atoms with Crippen LogP contribution in [0.1, 0.15) is 37.7 Å². The molecule has 1 aromatic rings. The summed E-state index contributed by atoms with van der Waals surface area (Å²) in [5.41, 5.74) is 0. The van der Waals surface area contributed by atoms with Gasteiger partial charge in [0, 0.05) is 23.6 Å². The lowest BCUT2D eigenvalue weighted by atomic mass is 10.1. The van der Waals surface area contributed by atoms with Gasteiger partial charge in [-0.25, -0.2) is 0 Å². The van der Waals surface area contributed by atoms with Crippen molar-refractivity contribution in [3.63, 3.8) is 0 Å². The molecular formula is C12H19NOS. The van der Waals surface area contributed by atoms with E-state index >= 15 is 0 Å². The van der Waals surface area contributed by atoms with Gasteiger partial charge in [0.25, 0.3) is 0 Å². The largest absolute Gasteiger partial charge is 0.371 e. The number of nitrogens with one attached hydrogen (secondary N) is 1. The number of hydrogen-bond acceptors (Lipinski definition) is 3. The molecule has 3 unspecified atom stereocenters. The van der Waals surface area contributed by atoms with Crippen LogP contribution in [0.15, 0.2) is 17.5 Å². The van der Waals surface area contributed by atoms with Gasteiger partial charge in [-0.05, 0) is 31.2 Å². The molecule has 3 heteroatoms. The number of thiophene rings is 1. The van der Waals surface area contributed by atoms with E-state index in [4.69, 9.17) is 4.74 Å². The van der Waals surface area contributed by atoms with Gasteiger partial charge in [-0.3, -0.25) is 0 Å². The quantitative estimate of drug-likeness (QED) is 0.835. The highest BCUT2D eigenvalue weighted by Gasteiger charge is 2.26. The minimum Gasteiger partial charge on any atom is -0.371 e. The molecular weight excluding hydrogens is 206 g/mol. The van der Waals surface area contributed by atoms with Crippen molar-refractivity contribution in [3.05, 3.63) is 22.4 Å². The van der Waals surface area contributed by atoms with Crippen LogP contribution < -0.4 is 5.32 Å². The van der Waals surface area contributed by atoms with Gasteiger partial charge in [0.05, 0.1) is 0 Å². The van der Waals surface area contributed by atoms with Crippen LogP contribution in [0.4, 0.5) is 0 Å². The topological polar surface area (TPSA) is 21.3 Å². The fourth-order valence-electron chi connectivity index (χ4n) is 2.13. The SMILES string of the molecule is CCC1CCOC(c2cccs2)C(C)N1. The van der Waals surface area contributed by atoms with Crippen LogP contribution in [0.5, 0.6) is 0 Å². The second-order valence-corrected chi connectivity index (χ2v) is 5.14. The normalized spacial score (nSPS) is 32.5. The van der Waals surface area contributed by atoms with Crippen LogP contribution in [-0.2, 0) is 4.74 Å². The highest BCUT2D eigenvalue weighted by molar-refractivity contribution is 7.10. The average molecular weight is 225 g/mol. The van der Waals surface area contributed by atoms with Crippen molar-refractivity contribution in [3.8, 4) is 0 Å². The van der Waals surface area contributed by atoms with E-state index in [2.05, 4.69) is 36.7 Å². The average Bonchev–Trinajstić information content (AvgIpc) is 2.69. The zero-order valence-corrected chi connectivity index (χ0v) is 10.2. The fraction of sp³-hybridized carbons (Fsp3) is 0.667. The van der Waals surface area contributed by atoms with E-state index in [1.54, 1.807) is 11.3 Å². The van der Waals surface area contributed by atoms with Crippen LogP contribution in [0.25, 0.3) is 0 Å². The molecule has 1 saturated heterocycles. The molecule has 1 aliphatic heterocycles. The lowest BCUT2D eigenvalue weighted by molar-refractivity contribution is 0.0486. The summed E-state index contributed by atoms with van der Waals surface area (Å²) in [5.74, 6) is 0. The monoisotopic (exact) mass is 225 g/mol. The minimum atomic E-state index is 0.238. The molecule has 0 radical (unpaired) electrons. The van der Waals surface area contributed by atoms with Gasteiger partial charge < -0.3 is 10.1 Å². The maximum absolute atomic E-state index is 5.94. The molecule has 84 valence electrons. The zero-order valence-electron chi connectivity index (χ0n) is 9.40. The molecule has 0 aromatic carbocycles. The van der Waals surface area contributed by atoms with Gasteiger partial charge in [-0.2, -0.15) is 0 Å². The summed E-state index contributed by atoms with van der Waals surface area (Å²) in [6.45, 7) is 5.33. The summed E-state index contributed by atoms with van der Waals surface area (Å²) < 4.78 is 5.94. The Morgan fingerprint density at radius 1 is 1.60 bits per heavy atom. The summed E-state index contributed by atoms with van der Waals surface area (Å²) in [5, 5.41) is 5.77. The van der Waals surface area contributed by atoms with E-state index in [9.17, 15) is 0 Å². The highest BCUT2D eigenvalue weighted by Crippen LogP contribution is 2.28. The molecule has 1 fully saturated rings. The second kappa shape index (κ2) is 5.10. The fourth-order valence-corrected chi connectivity index (χ4v) is 3.01. The molecule has 0 spiro atoms. The Hall–Kier alpha value is -0.380. The standard InChI is InChI=1S/C12H19NOS/c1-3-10-6-7-14-12(9(2)13-10)11-5-4-8-15-11/h4-5,8-10,12-13H,3,6-7H2,1-2H3. The Bertz CT molecular complexity index is 286. The number of rotatable bonds is 2.